The molecule has 2 aliphatic heterocycles. The normalized spacial score (nSPS) is 11.5. The molecule has 0 amide bonds. The van der Waals surface area contributed by atoms with E-state index in [4.69, 9.17) is 4.74 Å². The van der Waals surface area contributed by atoms with Crippen LogP contribution >= 0.6 is 0 Å². The molecule has 0 aromatic heterocycles. The number of para-hydroxylation sites is 1. The van der Waals surface area contributed by atoms with E-state index in [0.717, 1.165) is 22.6 Å². The standard InChI is InChI=1S/C24H16O/c1-2-9-22-18-6-5-7-19(16-18)23-10-3-4-11-24(23)25-20-14-12-17(13-15-20)21(22)8-1/h1-16H. The Morgan fingerprint density at radius 1 is 0.440 bits per heavy atom. The Hall–Kier alpha value is -3.32. The molecule has 25 heavy (non-hydrogen) atoms. The van der Waals surface area contributed by atoms with Gasteiger partial charge in [-0.2, -0.15) is 0 Å². The summed E-state index contributed by atoms with van der Waals surface area (Å²) < 4.78 is 6.17. The Balaban J connectivity index is 1.86. The fraction of sp³-hybridized carbons (Fsp3) is 0. The second-order valence-corrected chi connectivity index (χ2v) is 6.25. The molecule has 0 atom stereocenters. The van der Waals surface area contributed by atoms with Gasteiger partial charge in [0, 0.05) is 5.56 Å². The number of benzene rings is 4. The summed E-state index contributed by atoms with van der Waals surface area (Å²) >= 11 is 0. The van der Waals surface area contributed by atoms with Crippen LogP contribution in [0.4, 0.5) is 0 Å². The lowest BCUT2D eigenvalue weighted by atomic mass is 9.92. The van der Waals surface area contributed by atoms with Crippen molar-refractivity contribution in [1.29, 1.82) is 0 Å². The minimum Gasteiger partial charge on any atom is -0.457 e. The van der Waals surface area contributed by atoms with Gasteiger partial charge < -0.3 is 4.74 Å². The van der Waals surface area contributed by atoms with Gasteiger partial charge in [0.2, 0.25) is 0 Å². The average molecular weight is 320 g/mol. The molecule has 4 aromatic rings. The first-order chi connectivity index (χ1) is 12.4. The molecule has 0 aliphatic carbocycles. The van der Waals surface area contributed by atoms with Crippen molar-refractivity contribution in [3.05, 3.63) is 97.1 Å². The lowest BCUT2D eigenvalue weighted by molar-refractivity contribution is 0.484. The average Bonchev–Trinajstić information content (AvgIpc) is 2.68. The number of ether oxygens (including phenoxy) is 1. The maximum atomic E-state index is 6.17. The zero-order valence-electron chi connectivity index (χ0n) is 13.6. The minimum atomic E-state index is 0.852. The van der Waals surface area contributed by atoms with Gasteiger partial charge in [0.25, 0.3) is 0 Å². The highest BCUT2D eigenvalue weighted by molar-refractivity contribution is 5.86. The molecule has 2 aliphatic rings. The predicted octanol–water partition coefficient (Wildman–Crippen LogP) is 6.79. The summed E-state index contributed by atoms with van der Waals surface area (Å²) in [7, 11) is 0. The minimum absolute atomic E-state index is 0.852. The van der Waals surface area contributed by atoms with Crippen LogP contribution in [0.15, 0.2) is 97.1 Å². The smallest absolute Gasteiger partial charge is 0.135 e. The third-order valence-electron chi connectivity index (χ3n) is 4.69. The van der Waals surface area contributed by atoms with Crippen molar-refractivity contribution < 1.29 is 4.74 Å². The van der Waals surface area contributed by atoms with Gasteiger partial charge in [-0.05, 0) is 52.1 Å². The fourth-order valence-electron chi connectivity index (χ4n) is 3.46. The van der Waals surface area contributed by atoms with Crippen LogP contribution in [0, 0.1) is 0 Å². The first kappa shape index (κ1) is 14.1. The Morgan fingerprint density at radius 2 is 1.04 bits per heavy atom. The van der Waals surface area contributed by atoms with Crippen molar-refractivity contribution in [1.82, 2.24) is 0 Å². The molecule has 2 heterocycles. The van der Waals surface area contributed by atoms with Crippen LogP contribution in [0.2, 0.25) is 0 Å². The summed E-state index contributed by atoms with van der Waals surface area (Å²) in [5.41, 5.74) is 7.16. The number of hydrogen-bond donors (Lipinski definition) is 0. The molecule has 0 spiro atoms. The topological polar surface area (TPSA) is 9.23 Å². The molecule has 118 valence electrons. The van der Waals surface area contributed by atoms with Crippen LogP contribution in [0.5, 0.6) is 11.5 Å². The van der Waals surface area contributed by atoms with Gasteiger partial charge in [0.05, 0.1) is 0 Å². The predicted molar refractivity (Wildman–Crippen MR) is 103 cm³/mol. The maximum Gasteiger partial charge on any atom is 0.135 e. The summed E-state index contributed by atoms with van der Waals surface area (Å²) in [5.74, 6) is 1.73. The second-order valence-electron chi connectivity index (χ2n) is 6.25. The molecule has 1 heteroatoms. The van der Waals surface area contributed by atoms with Gasteiger partial charge in [0.15, 0.2) is 0 Å². The summed E-state index contributed by atoms with van der Waals surface area (Å²) in [6.07, 6.45) is 0. The lowest BCUT2D eigenvalue weighted by Crippen LogP contribution is -1.91. The van der Waals surface area contributed by atoms with Crippen LogP contribution in [-0.2, 0) is 0 Å². The fourth-order valence-corrected chi connectivity index (χ4v) is 3.46. The molecule has 0 radical (unpaired) electrons. The summed E-state index contributed by atoms with van der Waals surface area (Å²) in [5, 5.41) is 0. The van der Waals surface area contributed by atoms with Gasteiger partial charge in [-0.15, -0.1) is 0 Å². The molecule has 6 rings (SSSR count). The third kappa shape index (κ3) is 2.41. The Kier molecular flexibility index (Phi) is 3.17. The van der Waals surface area contributed by atoms with Crippen molar-refractivity contribution in [2.24, 2.45) is 0 Å². The molecule has 4 bridgehead atoms. The number of rotatable bonds is 0. The van der Waals surface area contributed by atoms with Crippen LogP contribution in [0.25, 0.3) is 33.4 Å². The summed E-state index contributed by atoms with van der Waals surface area (Å²) in [4.78, 5) is 0. The van der Waals surface area contributed by atoms with E-state index in [-0.39, 0.29) is 0 Å². The molecule has 1 nitrogen and oxygen atoms in total. The summed E-state index contributed by atoms with van der Waals surface area (Å²) in [6.45, 7) is 0. The van der Waals surface area contributed by atoms with E-state index in [0.29, 0.717) is 0 Å². The van der Waals surface area contributed by atoms with E-state index in [1.807, 2.05) is 24.3 Å². The molecule has 0 saturated carbocycles. The van der Waals surface area contributed by atoms with Crippen LogP contribution in [0.3, 0.4) is 0 Å². The van der Waals surface area contributed by atoms with Crippen LogP contribution in [-0.4, -0.2) is 0 Å². The van der Waals surface area contributed by atoms with E-state index < -0.39 is 0 Å². The largest absolute Gasteiger partial charge is 0.457 e. The molecule has 4 aromatic carbocycles. The third-order valence-corrected chi connectivity index (χ3v) is 4.69. The van der Waals surface area contributed by atoms with Crippen molar-refractivity contribution in [2.75, 3.05) is 0 Å². The molecular formula is C24H16O. The first-order valence-corrected chi connectivity index (χ1v) is 8.46. The molecule has 0 saturated heterocycles. The lowest BCUT2D eigenvalue weighted by Gasteiger charge is -2.16. The Bertz CT molecular complexity index is 1060. The van der Waals surface area contributed by atoms with E-state index in [1.165, 1.54) is 22.3 Å². The van der Waals surface area contributed by atoms with Crippen LogP contribution < -0.4 is 4.74 Å². The monoisotopic (exact) mass is 320 g/mol. The molecule has 0 N–H and O–H groups in total. The van der Waals surface area contributed by atoms with Crippen molar-refractivity contribution in [2.45, 2.75) is 0 Å². The highest BCUT2D eigenvalue weighted by Crippen LogP contribution is 2.39. The van der Waals surface area contributed by atoms with E-state index in [9.17, 15) is 0 Å². The Morgan fingerprint density at radius 3 is 1.80 bits per heavy atom. The highest BCUT2D eigenvalue weighted by Gasteiger charge is 2.12. The number of fused-ring (bicyclic) bond motifs is 2. The van der Waals surface area contributed by atoms with E-state index in [1.54, 1.807) is 0 Å². The van der Waals surface area contributed by atoms with Gasteiger partial charge in [-0.3, -0.25) is 0 Å². The maximum absolute atomic E-state index is 6.17. The van der Waals surface area contributed by atoms with Gasteiger partial charge in [0.1, 0.15) is 11.5 Å². The van der Waals surface area contributed by atoms with E-state index in [2.05, 4.69) is 72.8 Å². The molecule has 0 fully saturated rings. The second kappa shape index (κ2) is 5.64. The first-order valence-electron chi connectivity index (χ1n) is 8.46. The van der Waals surface area contributed by atoms with Gasteiger partial charge in [-0.1, -0.05) is 72.8 Å². The number of hydrogen-bond acceptors (Lipinski definition) is 1. The molecule has 0 unspecified atom stereocenters. The quantitative estimate of drug-likeness (QED) is 0.305. The van der Waals surface area contributed by atoms with Gasteiger partial charge >= 0.3 is 0 Å². The van der Waals surface area contributed by atoms with E-state index >= 15 is 0 Å². The van der Waals surface area contributed by atoms with Crippen LogP contribution in [0.1, 0.15) is 0 Å². The zero-order chi connectivity index (χ0) is 16.6. The van der Waals surface area contributed by atoms with Crippen molar-refractivity contribution in [3.63, 3.8) is 0 Å². The zero-order valence-corrected chi connectivity index (χ0v) is 13.6. The van der Waals surface area contributed by atoms with Crippen molar-refractivity contribution >= 4 is 0 Å². The SMILES string of the molecule is c1cc2cc(c1)-c1ccccc1-c1ccc(cc1)Oc1ccccc1-2. The Labute approximate surface area is 147 Å². The van der Waals surface area contributed by atoms with Gasteiger partial charge in [-0.25, -0.2) is 0 Å². The molecular weight excluding hydrogens is 304 g/mol. The van der Waals surface area contributed by atoms with Crippen molar-refractivity contribution in [3.8, 4) is 44.9 Å². The summed E-state index contributed by atoms with van der Waals surface area (Å²) in [6, 6.07) is 33.8. The highest BCUT2D eigenvalue weighted by atomic mass is 16.5.